The number of hydrogen-bond donors (Lipinski definition) is 2. The van der Waals surface area contributed by atoms with Crippen molar-refractivity contribution >= 4 is 29.3 Å². The summed E-state index contributed by atoms with van der Waals surface area (Å²) < 4.78 is 40.9. The molecule has 0 bridgehead atoms. The van der Waals surface area contributed by atoms with Crippen molar-refractivity contribution in [1.29, 1.82) is 0 Å². The van der Waals surface area contributed by atoms with E-state index in [9.17, 15) is 22.8 Å². The van der Waals surface area contributed by atoms with Gasteiger partial charge in [-0.2, -0.15) is 13.2 Å². The van der Waals surface area contributed by atoms with Crippen LogP contribution in [0.25, 0.3) is 0 Å². The Morgan fingerprint density at radius 1 is 1.03 bits per heavy atom. The standard InChI is InChI=1S/C22H25F3N2O3S/c1-15-3-9-19(10-4-15)27-20(28)13-31-16(2)21(29)26-11-17-5-7-18(8-6-17)12-30-14-22(23,24)25/h3-10,16H,11-14H2,1-2H3,(H,26,29)(H,27,28). The second-order valence-electron chi connectivity index (χ2n) is 7.01. The number of hydrogen-bond acceptors (Lipinski definition) is 4. The van der Waals surface area contributed by atoms with Gasteiger partial charge in [-0.3, -0.25) is 9.59 Å². The molecule has 0 aromatic heterocycles. The molecular formula is C22H25F3N2O3S. The quantitative estimate of drug-likeness (QED) is 0.557. The zero-order valence-corrected chi connectivity index (χ0v) is 18.1. The molecule has 0 aliphatic carbocycles. The lowest BCUT2D eigenvalue weighted by molar-refractivity contribution is -0.176. The van der Waals surface area contributed by atoms with Gasteiger partial charge in [0.15, 0.2) is 0 Å². The molecule has 2 rings (SSSR count). The third-order valence-corrected chi connectivity index (χ3v) is 5.34. The minimum atomic E-state index is -4.35. The fourth-order valence-corrected chi connectivity index (χ4v) is 3.19. The van der Waals surface area contributed by atoms with Crippen LogP contribution in [0.1, 0.15) is 23.6 Å². The SMILES string of the molecule is Cc1ccc(NC(=O)CSC(C)C(=O)NCc2ccc(COCC(F)(F)F)cc2)cc1. The average molecular weight is 455 g/mol. The Balaban J connectivity index is 1.68. The number of halogens is 3. The number of aryl methyl sites for hydroxylation is 1. The van der Waals surface area contributed by atoms with Crippen molar-refractivity contribution < 1.29 is 27.5 Å². The van der Waals surface area contributed by atoms with E-state index in [0.717, 1.165) is 11.1 Å². The van der Waals surface area contributed by atoms with E-state index in [4.69, 9.17) is 0 Å². The Kier molecular flexibility index (Phi) is 9.39. The van der Waals surface area contributed by atoms with Gasteiger partial charge in [-0.05, 0) is 37.1 Å². The number of alkyl halides is 3. The molecule has 5 nitrogen and oxygen atoms in total. The summed E-state index contributed by atoms with van der Waals surface area (Å²) in [5.41, 5.74) is 3.23. The fourth-order valence-electron chi connectivity index (χ4n) is 2.48. The van der Waals surface area contributed by atoms with E-state index in [-0.39, 0.29) is 30.7 Å². The number of benzene rings is 2. The Bertz CT molecular complexity index is 856. The van der Waals surface area contributed by atoms with Gasteiger partial charge in [0.05, 0.1) is 17.6 Å². The van der Waals surface area contributed by atoms with Crippen molar-refractivity contribution in [3.05, 3.63) is 65.2 Å². The molecule has 0 aliphatic heterocycles. The highest BCUT2D eigenvalue weighted by molar-refractivity contribution is 8.01. The predicted molar refractivity (Wildman–Crippen MR) is 116 cm³/mol. The molecule has 2 N–H and O–H groups in total. The van der Waals surface area contributed by atoms with E-state index in [1.165, 1.54) is 11.8 Å². The van der Waals surface area contributed by atoms with Gasteiger partial charge in [-0.25, -0.2) is 0 Å². The van der Waals surface area contributed by atoms with E-state index in [1.807, 2.05) is 31.2 Å². The second kappa shape index (κ2) is 11.8. The van der Waals surface area contributed by atoms with Crippen LogP contribution >= 0.6 is 11.8 Å². The number of thioether (sulfide) groups is 1. The lowest BCUT2D eigenvalue weighted by Gasteiger charge is -2.13. The molecule has 2 amide bonds. The van der Waals surface area contributed by atoms with Crippen LogP contribution in [0.5, 0.6) is 0 Å². The van der Waals surface area contributed by atoms with Crippen LogP contribution in [-0.4, -0.2) is 35.6 Å². The highest BCUT2D eigenvalue weighted by Crippen LogP contribution is 2.16. The van der Waals surface area contributed by atoms with Gasteiger partial charge >= 0.3 is 6.18 Å². The lowest BCUT2D eigenvalue weighted by atomic mass is 10.1. The molecule has 0 spiro atoms. The topological polar surface area (TPSA) is 67.4 Å². The number of ether oxygens (including phenoxy) is 1. The van der Waals surface area contributed by atoms with Gasteiger partial charge in [0.1, 0.15) is 6.61 Å². The maximum Gasteiger partial charge on any atom is 0.411 e. The van der Waals surface area contributed by atoms with E-state index in [0.29, 0.717) is 11.3 Å². The molecule has 0 fully saturated rings. The lowest BCUT2D eigenvalue weighted by Crippen LogP contribution is -2.31. The molecule has 9 heteroatoms. The monoisotopic (exact) mass is 454 g/mol. The van der Waals surface area contributed by atoms with E-state index < -0.39 is 18.0 Å². The minimum absolute atomic E-state index is 0.134. The van der Waals surface area contributed by atoms with Crippen molar-refractivity contribution in [1.82, 2.24) is 5.32 Å². The Hall–Kier alpha value is -2.52. The molecule has 168 valence electrons. The number of carbonyl (C=O) groups excluding carboxylic acids is 2. The van der Waals surface area contributed by atoms with E-state index in [1.54, 1.807) is 31.2 Å². The smallest absolute Gasteiger partial charge is 0.367 e. The van der Waals surface area contributed by atoms with Gasteiger partial charge in [0, 0.05) is 12.2 Å². The molecule has 31 heavy (non-hydrogen) atoms. The molecule has 0 radical (unpaired) electrons. The highest BCUT2D eigenvalue weighted by Gasteiger charge is 2.27. The molecule has 0 heterocycles. The molecule has 0 saturated carbocycles. The molecular weight excluding hydrogens is 429 g/mol. The Morgan fingerprint density at radius 2 is 1.65 bits per heavy atom. The van der Waals surface area contributed by atoms with Crippen LogP contribution < -0.4 is 10.6 Å². The van der Waals surface area contributed by atoms with Gasteiger partial charge in [-0.1, -0.05) is 42.0 Å². The summed E-state index contributed by atoms with van der Waals surface area (Å²) in [6.07, 6.45) is -4.35. The van der Waals surface area contributed by atoms with Crippen molar-refractivity contribution in [3.8, 4) is 0 Å². The fraction of sp³-hybridized carbons (Fsp3) is 0.364. The summed E-state index contributed by atoms with van der Waals surface area (Å²) >= 11 is 1.23. The van der Waals surface area contributed by atoms with Crippen molar-refractivity contribution in [2.75, 3.05) is 17.7 Å². The van der Waals surface area contributed by atoms with Crippen molar-refractivity contribution in [2.45, 2.75) is 38.4 Å². The van der Waals surface area contributed by atoms with Crippen LogP contribution in [0.3, 0.4) is 0 Å². The van der Waals surface area contributed by atoms with Crippen LogP contribution in [0.4, 0.5) is 18.9 Å². The first-order chi connectivity index (χ1) is 14.6. The van der Waals surface area contributed by atoms with Gasteiger partial charge < -0.3 is 15.4 Å². The third-order valence-electron chi connectivity index (χ3n) is 4.19. The summed E-state index contributed by atoms with van der Waals surface area (Å²) in [6.45, 7) is 2.54. The zero-order chi connectivity index (χ0) is 22.9. The number of amides is 2. The van der Waals surface area contributed by atoms with E-state index >= 15 is 0 Å². The molecule has 1 atom stereocenters. The maximum atomic E-state index is 12.2. The summed E-state index contributed by atoms with van der Waals surface area (Å²) in [5, 5.41) is 5.16. The second-order valence-corrected chi connectivity index (χ2v) is 8.34. The maximum absolute atomic E-state index is 12.2. The third kappa shape index (κ3) is 9.89. The van der Waals surface area contributed by atoms with Crippen molar-refractivity contribution in [3.63, 3.8) is 0 Å². The number of nitrogens with one attached hydrogen (secondary N) is 2. The highest BCUT2D eigenvalue weighted by atomic mass is 32.2. The molecule has 2 aromatic carbocycles. The normalized spacial score (nSPS) is 12.3. The average Bonchev–Trinajstić information content (AvgIpc) is 2.72. The predicted octanol–water partition coefficient (Wildman–Crippen LogP) is 4.45. The van der Waals surface area contributed by atoms with Crippen LogP contribution in [0.15, 0.2) is 48.5 Å². The molecule has 0 saturated heterocycles. The Labute approximate surface area is 183 Å². The summed E-state index contributed by atoms with van der Waals surface area (Å²) in [5.74, 6) is -0.239. The zero-order valence-electron chi connectivity index (χ0n) is 17.3. The number of carbonyl (C=O) groups is 2. The Morgan fingerprint density at radius 3 is 2.26 bits per heavy atom. The first kappa shape index (κ1) is 24.7. The number of anilines is 1. The molecule has 2 aromatic rings. The van der Waals surface area contributed by atoms with Gasteiger partial charge in [0.2, 0.25) is 11.8 Å². The summed E-state index contributed by atoms with van der Waals surface area (Å²) in [4.78, 5) is 24.3. The largest absolute Gasteiger partial charge is 0.411 e. The van der Waals surface area contributed by atoms with Crippen LogP contribution in [0, 0.1) is 6.92 Å². The number of rotatable bonds is 10. The first-order valence-electron chi connectivity index (χ1n) is 9.60. The molecule has 1 unspecified atom stereocenters. The van der Waals surface area contributed by atoms with Crippen LogP contribution in [0.2, 0.25) is 0 Å². The van der Waals surface area contributed by atoms with E-state index in [2.05, 4.69) is 15.4 Å². The van der Waals surface area contributed by atoms with Gasteiger partial charge in [0.25, 0.3) is 0 Å². The van der Waals surface area contributed by atoms with Gasteiger partial charge in [-0.15, -0.1) is 11.8 Å². The molecule has 0 aliphatic rings. The summed E-state index contributed by atoms with van der Waals surface area (Å²) in [7, 11) is 0. The summed E-state index contributed by atoms with van der Waals surface area (Å²) in [6, 6.07) is 14.2. The first-order valence-corrected chi connectivity index (χ1v) is 10.7. The van der Waals surface area contributed by atoms with Crippen LogP contribution in [-0.2, 0) is 27.5 Å². The minimum Gasteiger partial charge on any atom is -0.367 e. The van der Waals surface area contributed by atoms with Crippen molar-refractivity contribution in [2.24, 2.45) is 0 Å².